The summed E-state index contributed by atoms with van der Waals surface area (Å²) in [5.41, 5.74) is 6.54. The molecule has 0 bridgehead atoms. The average molecular weight is 407 g/mol. The molecule has 2 aromatic rings. The third-order valence-corrected chi connectivity index (χ3v) is 4.82. The monoisotopic (exact) mass is 406 g/mol. The summed E-state index contributed by atoms with van der Waals surface area (Å²) in [6.45, 7) is 0. The minimum absolute atomic E-state index is 0.0447. The molecular formula is C20H21ClF2N4O. The fourth-order valence-electron chi connectivity index (χ4n) is 3.05. The van der Waals surface area contributed by atoms with Crippen LogP contribution < -0.4 is 16.4 Å². The predicted molar refractivity (Wildman–Crippen MR) is 107 cm³/mol. The van der Waals surface area contributed by atoms with Gasteiger partial charge < -0.3 is 16.4 Å². The van der Waals surface area contributed by atoms with Crippen molar-refractivity contribution < 1.29 is 13.6 Å². The first kappa shape index (κ1) is 20.2. The van der Waals surface area contributed by atoms with Crippen molar-refractivity contribution in [3.63, 3.8) is 0 Å². The third kappa shape index (κ3) is 5.50. The van der Waals surface area contributed by atoms with E-state index in [1.165, 1.54) is 6.07 Å². The van der Waals surface area contributed by atoms with Gasteiger partial charge in [0.1, 0.15) is 0 Å². The standard InChI is InChI=1S/C20H21ClF2N4O/c21-13-2-1-3-16(11-13)26-20(25-15-7-5-14(24)6-8-15)27-19(28)12-4-9-17(22)18(23)10-12/h1-4,9-11,14-15H,5-8,24H2,(H2,25,26,27,28)/t14-,15-. The van der Waals surface area contributed by atoms with Gasteiger partial charge >= 0.3 is 0 Å². The van der Waals surface area contributed by atoms with Crippen LogP contribution in [0.4, 0.5) is 14.5 Å². The summed E-state index contributed by atoms with van der Waals surface area (Å²) in [5.74, 6) is -2.59. The molecular weight excluding hydrogens is 386 g/mol. The molecule has 0 spiro atoms. The molecule has 0 heterocycles. The zero-order chi connectivity index (χ0) is 20.1. The van der Waals surface area contributed by atoms with E-state index in [1.54, 1.807) is 24.3 Å². The minimum atomic E-state index is -1.10. The number of nitrogens with one attached hydrogen (secondary N) is 2. The van der Waals surface area contributed by atoms with E-state index in [9.17, 15) is 13.6 Å². The van der Waals surface area contributed by atoms with Crippen LogP contribution in [0.3, 0.4) is 0 Å². The summed E-state index contributed by atoms with van der Waals surface area (Å²) >= 11 is 6.01. The Bertz CT molecular complexity index is 882. The van der Waals surface area contributed by atoms with Crippen molar-refractivity contribution in [3.8, 4) is 0 Å². The number of rotatable bonds is 3. The van der Waals surface area contributed by atoms with Crippen LogP contribution in [0.1, 0.15) is 36.0 Å². The highest BCUT2D eigenvalue weighted by Gasteiger charge is 2.20. The number of benzene rings is 2. The number of hydrogen-bond donors (Lipinski definition) is 3. The van der Waals surface area contributed by atoms with Gasteiger partial charge in [0, 0.05) is 28.4 Å². The Hall–Kier alpha value is -2.51. The molecule has 0 unspecified atom stereocenters. The quantitative estimate of drug-likeness (QED) is 0.530. The van der Waals surface area contributed by atoms with E-state index in [4.69, 9.17) is 17.3 Å². The van der Waals surface area contributed by atoms with Gasteiger partial charge in [-0.25, -0.2) is 8.78 Å². The SMILES string of the molecule is N[C@H]1CC[C@H](N/C(=N\C(=O)c2ccc(F)c(F)c2)Nc2cccc(Cl)c2)CC1. The van der Waals surface area contributed by atoms with E-state index in [1.807, 2.05) is 0 Å². The summed E-state index contributed by atoms with van der Waals surface area (Å²) in [7, 11) is 0. The summed E-state index contributed by atoms with van der Waals surface area (Å²) in [4.78, 5) is 16.5. The van der Waals surface area contributed by atoms with Crippen LogP contribution in [-0.2, 0) is 0 Å². The van der Waals surface area contributed by atoms with Crippen LogP contribution in [0.15, 0.2) is 47.5 Å². The van der Waals surface area contributed by atoms with Crippen molar-refractivity contribution in [1.82, 2.24) is 5.32 Å². The molecule has 28 heavy (non-hydrogen) atoms. The van der Waals surface area contributed by atoms with Gasteiger partial charge in [0.05, 0.1) is 0 Å². The maximum atomic E-state index is 13.4. The van der Waals surface area contributed by atoms with Crippen LogP contribution in [0, 0.1) is 11.6 Å². The molecule has 0 saturated heterocycles. The Labute approximate surface area is 167 Å². The molecule has 1 aliphatic rings. The van der Waals surface area contributed by atoms with Crippen molar-refractivity contribution in [2.24, 2.45) is 10.7 Å². The first-order chi connectivity index (χ1) is 13.4. The van der Waals surface area contributed by atoms with E-state index >= 15 is 0 Å². The Morgan fingerprint density at radius 2 is 1.82 bits per heavy atom. The molecule has 0 atom stereocenters. The lowest BCUT2D eigenvalue weighted by Gasteiger charge is -2.28. The van der Waals surface area contributed by atoms with E-state index in [0.29, 0.717) is 10.7 Å². The van der Waals surface area contributed by atoms with Crippen molar-refractivity contribution in [1.29, 1.82) is 0 Å². The van der Waals surface area contributed by atoms with E-state index in [0.717, 1.165) is 37.8 Å². The molecule has 1 aliphatic carbocycles. The van der Waals surface area contributed by atoms with Gasteiger partial charge in [-0.15, -0.1) is 0 Å². The summed E-state index contributed by atoms with van der Waals surface area (Å²) in [6, 6.07) is 10.2. The van der Waals surface area contributed by atoms with Crippen molar-refractivity contribution in [2.45, 2.75) is 37.8 Å². The van der Waals surface area contributed by atoms with Crippen molar-refractivity contribution in [2.75, 3.05) is 5.32 Å². The second-order valence-electron chi connectivity index (χ2n) is 6.79. The van der Waals surface area contributed by atoms with Gasteiger partial charge in [-0.3, -0.25) is 4.79 Å². The van der Waals surface area contributed by atoms with E-state index < -0.39 is 17.5 Å². The molecule has 0 aromatic heterocycles. The van der Waals surface area contributed by atoms with Gasteiger partial charge in [0.2, 0.25) is 5.96 Å². The highest BCUT2D eigenvalue weighted by molar-refractivity contribution is 6.30. The number of carbonyl (C=O) groups is 1. The van der Waals surface area contributed by atoms with E-state index in [-0.39, 0.29) is 23.6 Å². The largest absolute Gasteiger partial charge is 0.353 e. The summed E-state index contributed by atoms with van der Waals surface area (Å²) in [6.07, 6.45) is 3.44. The molecule has 5 nitrogen and oxygen atoms in total. The predicted octanol–water partition coefficient (Wildman–Crippen LogP) is 4.09. The van der Waals surface area contributed by atoms with E-state index in [2.05, 4.69) is 15.6 Å². The zero-order valence-corrected chi connectivity index (χ0v) is 15.8. The number of nitrogens with zero attached hydrogens (tertiary/aromatic N) is 1. The van der Waals surface area contributed by atoms with Crippen molar-refractivity contribution >= 4 is 29.2 Å². The number of anilines is 1. The average Bonchev–Trinajstić information content (AvgIpc) is 2.65. The third-order valence-electron chi connectivity index (χ3n) is 4.58. The Morgan fingerprint density at radius 1 is 1.07 bits per heavy atom. The second kappa shape index (κ2) is 9.12. The molecule has 2 aromatic carbocycles. The molecule has 1 fully saturated rings. The number of guanidine groups is 1. The molecule has 1 amide bonds. The minimum Gasteiger partial charge on any atom is -0.353 e. The number of amides is 1. The van der Waals surface area contributed by atoms with Gasteiger partial charge in [-0.2, -0.15) is 4.99 Å². The molecule has 0 radical (unpaired) electrons. The lowest BCUT2D eigenvalue weighted by molar-refractivity contribution is 0.100. The van der Waals surface area contributed by atoms with Gasteiger partial charge in [0.15, 0.2) is 11.6 Å². The van der Waals surface area contributed by atoms with Crippen LogP contribution in [0.25, 0.3) is 0 Å². The number of carbonyl (C=O) groups excluding carboxylic acids is 1. The first-order valence-corrected chi connectivity index (χ1v) is 9.41. The molecule has 8 heteroatoms. The van der Waals surface area contributed by atoms with Crippen LogP contribution >= 0.6 is 11.6 Å². The lowest BCUT2D eigenvalue weighted by Crippen LogP contribution is -2.43. The smallest absolute Gasteiger partial charge is 0.280 e. The topological polar surface area (TPSA) is 79.5 Å². The Morgan fingerprint density at radius 3 is 2.50 bits per heavy atom. The Balaban J connectivity index is 1.82. The Kier molecular flexibility index (Phi) is 6.59. The number of halogens is 3. The molecule has 0 aliphatic heterocycles. The maximum absolute atomic E-state index is 13.4. The zero-order valence-electron chi connectivity index (χ0n) is 15.1. The fraction of sp³-hybridized carbons (Fsp3) is 0.300. The number of aliphatic imine (C=N–C) groups is 1. The molecule has 1 saturated carbocycles. The molecule has 3 rings (SSSR count). The number of hydrogen-bond acceptors (Lipinski definition) is 2. The highest BCUT2D eigenvalue weighted by Crippen LogP contribution is 2.19. The maximum Gasteiger partial charge on any atom is 0.280 e. The lowest BCUT2D eigenvalue weighted by atomic mass is 9.92. The number of nitrogens with two attached hydrogens (primary N) is 1. The van der Waals surface area contributed by atoms with Crippen LogP contribution in [-0.4, -0.2) is 24.0 Å². The normalized spacial score (nSPS) is 19.9. The fourth-order valence-corrected chi connectivity index (χ4v) is 3.24. The second-order valence-corrected chi connectivity index (χ2v) is 7.22. The van der Waals surface area contributed by atoms with Gasteiger partial charge in [-0.1, -0.05) is 17.7 Å². The first-order valence-electron chi connectivity index (χ1n) is 9.03. The van der Waals surface area contributed by atoms with Crippen LogP contribution in [0.2, 0.25) is 5.02 Å². The molecule has 148 valence electrons. The van der Waals surface area contributed by atoms with Gasteiger partial charge in [0.25, 0.3) is 5.91 Å². The highest BCUT2D eigenvalue weighted by atomic mass is 35.5. The van der Waals surface area contributed by atoms with Crippen molar-refractivity contribution in [3.05, 3.63) is 64.7 Å². The van der Waals surface area contributed by atoms with Crippen LogP contribution in [0.5, 0.6) is 0 Å². The summed E-state index contributed by atoms with van der Waals surface area (Å²) in [5, 5.41) is 6.79. The summed E-state index contributed by atoms with van der Waals surface area (Å²) < 4.78 is 26.6. The van der Waals surface area contributed by atoms with Gasteiger partial charge in [-0.05, 0) is 62.1 Å². The molecule has 4 N–H and O–H groups in total.